The predicted molar refractivity (Wildman–Crippen MR) is 81.7 cm³/mol. The fourth-order valence-corrected chi connectivity index (χ4v) is 3.82. The molecule has 0 aliphatic heterocycles. The molecule has 3 rings (SSSR count). The lowest BCUT2D eigenvalue weighted by atomic mass is 9.86. The van der Waals surface area contributed by atoms with Gasteiger partial charge in [-0.15, -0.1) is 11.3 Å². The van der Waals surface area contributed by atoms with Crippen LogP contribution in [0.2, 0.25) is 0 Å². The number of nitrogen functional groups attached to an aromatic ring is 1. The third kappa shape index (κ3) is 2.39. The van der Waals surface area contributed by atoms with Gasteiger partial charge in [0.15, 0.2) is 0 Å². The van der Waals surface area contributed by atoms with E-state index in [1.807, 2.05) is 0 Å². The molecule has 0 spiro atoms. The Morgan fingerprint density at radius 2 is 2.21 bits per heavy atom. The second-order valence-corrected chi connectivity index (χ2v) is 6.48. The van der Waals surface area contributed by atoms with Gasteiger partial charge in [-0.05, 0) is 30.2 Å². The molecule has 2 atom stereocenters. The minimum absolute atomic E-state index is 0.376. The molecule has 1 fully saturated rings. The van der Waals surface area contributed by atoms with Crippen molar-refractivity contribution in [3.8, 4) is 0 Å². The van der Waals surface area contributed by atoms with Gasteiger partial charge >= 0.3 is 0 Å². The lowest BCUT2D eigenvalue weighted by molar-refractivity contribution is 0.336. The third-order valence-corrected chi connectivity index (χ3v) is 4.92. The first-order chi connectivity index (χ1) is 9.15. The number of nitrogens with zero attached hydrogens (tertiary/aromatic N) is 3. The molecule has 2 unspecified atom stereocenters. The molecule has 2 N–H and O–H groups in total. The lowest BCUT2D eigenvalue weighted by Crippen LogP contribution is -2.36. The number of aromatic nitrogens is 2. The standard InChI is InChI=1S/C14H20N4S/c1-9-4-3-5-10(8-9)18(2)12-11-6-7-19-13(11)17-14(15)16-12/h6-7,9-10H,3-5,8H2,1-2H3,(H2,15,16,17). The van der Waals surface area contributed by atoms with Crippen molar-refractivity contribution in [3.63, 3.8) is 0 Å². The first-order valence-electron chi connectivity index (χ1n) is 6.88. The van der Waals surface area contributed by atoms with E-state index in [0.717, 1.165) is 22.0 Å². The van der Waals surface area contributed by atoms with E-state index in [1.54, 1.807) is 11.3 Å². The molecule has 5 heteroatoms. The van der Waals surface area contributed by atoms with E-state index in [-0.39, 0.29) is 0 Å². The summed E-state index contributed by atoms with van der Waals surface area (Å²) in [4.78, 5) is 12.1. The van der Waals surface area contributed by atoms with Gasteiger partial charge < -0.3 is 10.6 Å². The number of thiophene rings is 1. The Labute approximate surface area is 117 Å². The third-order valence-electron chi connectivity index (χ3n) is 4.11. The van der Waals surface area contributed by atoms with Gasteiger partial charge in [-0.3, -0.25) is 0 Å². The van der Waals surface area contributed by atoms with Crippen molar-refractivity contribution < 1.29 is 0 Å². The van der Waals surface area contributed by atoms with Gasteiger partial charge in [-0.25, -0.2) is 4.98 Å². The molecular weight excluding hydrogens is 256 g/mol. The van der Waals surface area contributed by atoms with Crippen molar-refractivity contribution in [3.05, 3.63) is 11.4 Å². The van der Waals surface area contributed by atoms with E-state index < -0.39 is 0 Å². The van der Waals surface area contributed by atoms with Crippen molar-refractivity contribution in [1.29, 1.82) is 0 Å². The van der Waals surface area contributed by atoms with Crippen LogP contribution in [0.1, 0.15) is 32.6 Å². The molecule has 0 amide bonds. The summed E-state index contributed by atoms with van der Waals surface area (Å²) in [5.41, 5.74) is 5.84. The molecule has 2 heterocycles. The normalized spacial score (nSPS) is 23.7. The molecular formula is C14H20N4S. The van der Waals surface area contributed by atoms with Crippen molar-refractivity contribution in [2.75, 3.05) is 17.7 Å². The van der Waals surface area contributed by atoms with E-state index in [9.17, 15) is 0 Å². The maximum Gasteiger partial charge on any atom is 0.223 e. The summed E-state index contributed by atoms with van der Waals surface area (Å²) >= 11 is 1.62. The largest absolute Gasteiger partial charge is 0.368 e. The molecule has 0 bridgehead atoms. The van der Waals surface area contributed by atoms with Crippen LogP contribution in [0.25, 0.3) is 10.2 Å². The van der Waals surface area contributed by atoms with Gasteiger partial charge in [0.05, 0.1) is 5.39 Å². The van der Waals surface area contributed by atoms with Crippen LogP contribution < -0.4 is 10.6 Å². The zero-order valence-electron chi connectivity index (χ0n) is 11.5. The predicted octanol–water partition coefficient (Wildman–Crippen LogP) is 3.29. The molecule has 1 aliphatic rings. The molecule has 4 nitrogen and oxygen atoms in total. The Morgan fingerprint density at radius 3 is 3.00 bits per heavy atom. The number of anilines is 2. The van der Waals surface area contributed by atoms with Crippen LogP contribution in [-0.2, 0) is 0 Å². The van der Waals surface area contributed by atoms with Crippen molar-refractivity contribution in [2.24, 2.45) is 5.92 Å². The van der Waals surface area contributed by atoms with Gasteiger partial charge in [-0.2, -0.15) is 4.98 Å². The monoisotopic (exact) mass is 276 g/mol. The fourth-order valence-electron chi connectivity index (χ4n) is 3.05. The number of hydrogen-bond donors (Lipinski definition) is 1. The highest BCUT2D eigenvalue weighted by molar-refractivity contribution is 7.16. The van der Waals surface area contributed by atoms with Crippen LogP contribution in [0.5, 0.6) is 0 Å². The van der Waals surface area contributed by atoms with E-state index >= 15 is 0 Å². The van der Waals surface area contributed by atoms with Gasteiger partial charge in [0.2, 0.25) is 5.95 Å². The molecule has 0 saturated heterocycles. The van der Waals surface area contributed by atoms with Crippen LogP contribution in [0.15, 0.2) is 11.4 Å². The minimum atomic E-state index is 0.376. The summed E-state index contributed by atoms with van der Waals surface area (Å²) in [6.07, 6.45) is 5.15. The minimum Gasteiger partial charge on any atom is -0.368 e. The Bertz CT molecular complexity index is 580. The Balaban J connectivity index is 1.96. The SMILES string of the molecule is CC1CCCC(N(C)c2nc(N)nc3sccc23)C1. The molecule has 1 aliphatic carbocycles. The molecule has 0 radical (unpaired) electrons. The van der Waals surface area contributed by atoms with Gasteiger partial charge in [0, 0.05) is 13.1 Å². The second kappa shape index (κ2) is 4.96. The summed E-state index contributed by atoms with van der Waals surface area (Å²) in [5, 5.41) is 3.18. The van der Waals surface area contributed by atoms with Crippen LogP contribution in [0.4, 0.5) is 11.8 Å². The second-order valence-electron chi connectivity index (χ2n) is 5.58. The summed E-state index contributed by atoms with van der Waals surface area (Å²) in [6.45, 7) is 2.34. The average molecular weight is 276 g/mol. The van der Waals surface area contributed by atoms with E-state index in [1.165, 1.54) is 25.7 Å². The maximum absolute atomic E-state index is 5.84. The Kier molecular flexibility index (Phi) is 3.31. The highest BCUT2D eigenvalue weighted by atomic mass is 32.1. The van der Waals surface area contributed by atoms with E-state index in [2.05, 4.69) is 40.3 Å². The quantitative estimate of drug-likeness (QED) is 0.914. The average Bonchev–Trinajstić information content (AvgIpc) is 2.85. The van der Waals surface area contributed by atoms with Crippen LogP contribution in [0.3, 0.4) is 0 Å². The molecule has 102 valence electrons. The molecule has 1 saturated carbocycles. The first-order valence-corrected chi connectivity index (χ1v) is 7.76. The van der Waals surface area contributed by atoms with Crippen molar-refractivity contribution >= 4 is 33.3 Å². The lowest BCUT2D eigenvalue weighted by Gasteiger charge is -2.35. The highest BCUT2D eigenvalue weighted by Gasteiger charge is 2.24. The number of nitrogens with two attached hydrogens (primary N) is 1. The van der Waals surface area contributed by atoms with Crippen molar-refractivity contribution in [2.45, 2.75) is 38.6 Å². The molecule has 19 heavy (non-hydrogen) atoms. The summed E-state index contributed by atoms with van der Waals surface area (Å²) in [6, 6.07) is 2.67. The Hall–Kier alpha value is -1.36. The topological polar surface area (TPSA) is 55.0 Å². The van der Waals surface area contributed by atoms with Gasteiger partial charge in [0.25, 0.3) is 0 Å². The van der Waals surface area contributed by atoms with Crippen LogP contribution in [-0.4, -0.2) is 23.1 Å². The van der Waals surface area contributed by atoms with Crippen molar-refractivity contribution in [1.82, 2.24) is 9.97 Å². The van der Waals surface area contributed by atoms with Gasteiger partial charge in [0.1, 0.15) is 10.6 Å². The molecule has 2 aromatic heterocycles. The maximum atomic E-state index is 5.84. The highest BCUT2D eigenvalue weighted by Crippen LogP contribution is 2.33. The zero-order valence-corrected chi connectivity index (χ0v) is 12.3. The van der Waals surface area contributed by atoms with E-state index in [0.29, 0.717) is 12.0 Å². The molecule has 0 aromatic carbocycles. The summed E-state index contributed by atoms with van der Waals surface area (Å²) in [7, 11) is 2.14. The van der Waals surface area contributed by atoms with Gasteiger partial charge in [-0.1, -0.05) is 19.8 Å². The number of rotatable bonds is 2. The number of hydrogen-bond acceptors (Lipinski definition) is 5. The Morgan fingerprint density at radius 1 is 1.37 bits per heavy atom. The summed E-state index contributed by atoms with van der Waals surface area (Å²) in [5.74, 6) is 2.17. The molecule has 2 aromatic rings. The van der Waals surface area contributed by atoms with Crippen LogP contribution >= 0.6 is 11.3 Å². The zero-order chi connectivity index (χ0) is 13.4. The summed E-state index contributed by atoms with van der Waals surface area (Å²) < 4.78 is 0. The first kappa shape index (κ1) is 12.7. The van der Waals surface area contributed by atoms with E-state index in [4.69, 9.17) is 5.73 Å². The number of fused-ring (bicyclic) bond motifs is 1. The smallest absolute Gasteiger partial charge is 0.223 e. The fraction of sp³-hybridized carbons (Fsp3) is 0.571. The van der Waals surface area contributed by atoms with Crippen LogP contribution in [0, 0.1) is 5.92 Å².